The smallest absolute Gasteiger partial charge is 0.101 e. The van der Waals surface area contributed by atoms with Gasteiger partial charge >= 0.3 is 0 Å². The van der Waals surface area contributed by atoms with Crippen molar-refractivity contribution in [1.82, 2.24) is 4.98 Å². The van der Waals surface area contributed by atoms with Crippen LogP contribution < -0.4 is 5.73 Å². The van der Waals surface area contributed by atoms with Crippen molar-refractivity contribution in [3.05, 3.63) is 47.2 Å². The van der Waals surface area contributed by atoms with Crippen LogP contribution in [-0.2, 0) is 0 Å². The number of nitrogens with zero attached hydrogens (tertiary/aromatic N) is 2. The maximum atomic E-state index is 8.82. The molecule has 0 amide bonds. The minimum Gasteiger partial charge on any atom is -0.398 e. The highest BCUT2D eigenvalue weighted by Gasteiger charge is 2.04. The van der Waals surface area contributed by atoms with E-state index in [1.165, 1.54) is 5.56 Å². The van der Waals surface area contributed by atoms with Crippen LogP contribution in [0.1, 0.15) is 16.8 Å². The highest BCUT2D eigenvalue weighted by Crippen LogP contribution is 2.29. The molecule has 0 fully saturated rings. The molecule has 0 unspecified atom stereocenters. The van der Waals surface area contributed by atoms with E-state index in [-0.39, 0.29) is 0 Å². The summed E-state index contributed by atoms with van der Waals surface area (Å²) in [6.45, 7) is 4.02. The Labute approximate surface area is 111 Å². The quantitative estimate of drug-likeness (QED) is 0.836. The fourth-order valence-corrected chi connectivity index (χ4v) is 2.68. The first-order chi connectivity index (χ1) is 8.58. The predicted molar refractivity (Wildman–Crippen MR) is 73.4 cm³/mol. The van der Waals surface area contributed by atoms with Crippen molar-refractivity contribution in [2.24, 2.45) is 0 Å². The number of pyridine rings is 1. The third-order valence-electron chi connectivity index (χ3n) is 2.44. The van der Waals surface area contributed by atoms with Crippen molar-refractivity contribution < 1.29 is 0 Å². The minimum atomic E-state index is 0.506. The van der Waals surface area contributed by atoms with E-state index in [9.17, 15) is 0 Å². The average Bonchev–Trinajstić information content (AvgIpc) is 2.27. The molecule has 2 aromatic rings. The molecule has 4 heteroatoms. The van der Waals surface area contributed by atoms with E-state index < -0.39 is 0 Å². The van der Waals surface area contributed by atoms with E-state index in [2.05, 4.69) is 11.1 Å². The molecule has 3 nitrogen and oxygen atoms in total. The van der Waals surface area contributed by atoms with Gasteiger partial charge in [0.25, 0.3) is 0 Å². The topological polar surface area (TPSA) is 62.7 Å². The molecular formula is C14H13N3S. The third-order valence-corrected chi connectivity index (χ3v) is 3.35. The second kappa shape index (κ2) is 5.11. The Balaban J connectivity index is 2.29. The van der Waals surface area contributed by atoms with E-state index in [1.807, 2.05) is 38.1 Å². The molecule has 0 bridgehead atoms. The van der Waals surface area contributed by atoms with Crippen LogP contribution >= 0.6 is 11.8 Å². The Bertz CT molecular complexity index is 609. The van der Waals surface area contributed by atoms with Crippen LogP contribution in [0.3, 0.4) is 0 Å². The maximum absolute atomic E-state index is 8.82. The van der Waals surface area contributed by atoms with Crippen molar-refractivity contribution in [2.75, 3.05) is 5.73 Å². The molecule has 1 aromatic heterocycles. The molecular weight excluding hydrogens is 242 g/mol. The number of nitrogen functional groups attached to an aromatic ring is 1. The van der Waals surface area contributed by atoms with Crippen LogP contribution in [0.15, 0.2) is 40.3 Å². The summed E-state index contributed by atoms with van der Waals surface area (Å²) in [5.41, 5.74) is 8.99. The zero-order valence-corrected chi connectivity index (χ0v) is 11.1. The molecule has 90 valence electrons. The largest absolute Gasteiger partial charge is 0.398 e. The van der Waals surface area contributed by atoms with Crippen molar-refractivity contribution in [2.45, 2.75) is 23.8 Å². The van der Waals surface area contributed by atoms with Crippen LogP contribution in [-0.4, -0.2) is 4.98 Å². The number of anilines is 1. The summed E-state index contributed by atoms with van der Waals surface area (Å²) in [6, 6.07) is 11.6. The maximum Gasteiger partial charge on any atom is 0.101 e. The molecule has 0 radical (unpaired) electrons. The summed E-state index contributed by atoms with van der Waals surface area (Å²) >= 11 is 1.55. The van der Waals surface area contributed by atoms with Crippen molar-refractivity contribution >= 4 is 17.4 Å². The summed E-state index contributed by atoms with van der Waals surface area (Å²) in [4.78, 5) is 5.45. The first-order valence-corrected chi connectivity index (χ1v) is 6.33. The molecule has 0 aliphatic heterocycles. The van der Waals surface area contributed by atoms with Gasteiger partial charge in [0.2, 0.25) is 0 Å². The molecule has 1 heterocycles. The van der Waals surface area contributed by atoms with Crippen molar-refractivity contribution in [3.8, 4) is 6.07 Å². The summed E-state index contributed by atoms with van der Waals surface area (Å²) in [7, 11) is 0. The van der Waals surface area contributed by atoms with Gasteiger partial charge in [0.05, 0.1) is 11.3 Å². The first-order valence-electron chi connectivity index (χ1n) is 5.51. The van der Waals surface area contributed by atoms with Gasteiger partial charge in [-0.05, 0) is 49.7 Å². The Hall–Kier alpha value is -1.99. The molecule has 0 atom stereocenters. The average molecular weight is 255 g/mol. The van der Waals surface area contributed by atoms with E-state index in [0.717, 1.165) is 15.6 Å². The second-order valence-electron chi connectivity index (χ2n) is 4.09. The van der Waals surface area contributed by atoms with E-state index in [0.29, 0.717) is 11.3 Å². The van der Waals surface area contributed by atoms with E-state index in [4.69, 9.17) is 11.0 Å². The predicted octanol–water partition coefficient (Wildman–Crippen LogP) is 3.30. The molecule has 0 saturated carbocycles. The van der Waals surface area contributed by atoms with Gasteiger partial charge in [-0.15, -0.1) is 0 Å². The van der Waals surface area contributed by atoms with Gasteiger partial charge in [-0.25, -0.2) is 4.98 Å². The van der Waals surface area contributed by atoms with Crippen molar-refractivity contribution in [1.29, 1.82) is 5.26 Å². The molecule has 0 aliphatic rings. The molecule has 0 spiro atoms. The highest BCUT2D eigenvalue weighted by molar-refractivity contribution is 7.99. The first kappa shape index (κ1) is 12.5. The highest BCUT2D eigenvalue weighted by atomic mass is 32.2. The van der Waals surface area contributed by atoms with Crippen LogP contribution in [0.4, 0.5) is 5.69 Å². The molecule has 2 N–H and O–H groups in total. The Morgan fingerprint density at radius 2 is 2.00 bits per heavy atom. The van der Waals surface area contributed by atoms with Gasteiger partial charge in [0.15, 0.2) is 0 Å². The lowest BCUT2D eigenvalue weighted by atomic mass is 10.2. The molecule has 0 saturated heterocycles. The van der Waals surface area contributed by atoms with Gasteiger partial charge < -0.3 is 5.73 Å². The van der Waals surface area contributed by atoms with Gasteiger partial charge in [-0.3, -0.25) is 0 Å². The SMILES string of the molecule is Cc1cc(C)nc(Sc2ccc(C#N)c(N)c2)c1. The number of aromatic nitrogens is 1. The lowest BCUT2D eigenvalue weighted by molar-refractivity contribution is 1.05. The Morgan fingerprint density at radius 3 is 2.61 bits per heavy atom. The number of hydrogen-bond acceptors (Lipinski definition) is 4. The number of nitriles is 1. The summed E-state index contributed by atoms with van der Waals surface area (Å²) < 4.78 is 0. The number of aryl methyl sites for hydroxylation is 2. The molecule has 18 heavy (non-hydrogen) atoms. The summed E-state index contributed by atoms with van der Waals surface area (Å²) in [5.74, 6) is 0. The number of rotatable bonds is 2. The standard InChI is InChI=1S/C14H13N3S/c1-9-5-10(2)17-14(6-9)18-12-4-3-11(8-15)13(16)7-12/h3-7H,16H2,1-2H3. The fraction of sp³-hybridized carbons (Fsp3) is 0.143. The molecule has 0 aliphatic carbocycles. The number of hydrogen-bond donors (Lipinski definition) is 1. The lowest BCUT2D eigenvalue weighted by Gasteiger charge is -2.05. The van der Waals surface area contributed by atoms with Crippen LogP contribution in [0.2, 0.25) is 0 Å². The van der Waals surface area contributed by atoms with Crippen LogP contribution in [0, 0.1) is 25.2 Å². The fourth-order valence-electron chi connectivity index (χ4n) is 1.68. The minimum absolute atomic E-state index is 0.506. The van der Waals surface area contributed by atoms with Gasteiger partial charge in [0, 0.05) is 10.6 Å². The zero-order chi connectivity index (χ0) is 13.1. The van der Waals surface area contributed by atoms with Gasteiger partial charge in [-0.2, -0.15) is 5.26 Å². The van der Waals surface area contributed by atoms with E-state index >= 15 is 0 Å². The third kappa shape index (κ3) is 2.82. The van der Waals surface area contributed by atoms with Gasteiger partial charge in [-0.1, -0.05) is 11.8 Å². The lowest BCUT2D eigenvalue weighted by Crippen LogP contribution is -1.91. The summed E-state index contributed by atoms with van der Waals surface area (Å²) in [5, 5.41) is 9.76. The number of nitrogens with two attached hydrogens (primary N) is 1. The monoisotopic (exact) mass is 255 g/mol. The van der Waals surface area contributed by atoms with Gasteiger partial charge in [0.1, 0.15) is 11.1 Å². The van der Waals surface area contributed by atoms with Crippen LogP contribution in [0.25, 0.3) is 0 Å². The van der Waals surface area contributed by atoms with Crippen LogP contribution in [0.5, 0.6) is 0 Å². The van der Waals surface area contributed by atoms with Crippen molar-refractivity contribution in [3.63, 3.8) is 0 Å². The normalized spacial score (nSPS) is 10.1. The Kier molecular flexibility index (Phi) is 3.54. The molecule has 2 rings (SSSR count). The Morgan fingerprint density at radius 1 is 1.22 bits per heavy atom. The number of benzene rings is 1. The summed E-state index contributed by atoms with van der Waals surface area (Å²) in [6.07, 6.45) is 0. The zero-order valence-electron chi connectivity index (χ0n) is 10.3. The second-order valence-corrected chi connectivity index (χ2v) is 5.18. The molecule has 1 aromatic carbocycles. The van der Waals surface area contributed by atoms with E-state index in [1.54, 1.807) is 17.8 Å².